The standard InChI is InChI=1S/C15H20Cl2O2/c1-2-3-4-5-6-7-8-19-14-10-12(15(17)18)9-13(16)11-14/h9-11H,2-8H2,1H3. The van der Waals surface area contributed by atoms with E-state index in [0.29, 0.717) is 22.9 Å². The van der Waals surface area contributed by atoms with Gasteiger partial charge >= 0.3 is 0 Å². The lowest BCUT2D eigenvalue weighted by Gasteiger charge is -2.07. The predicted molar refractivity (Wildman–Crippen MR) is 80.5 cm³/mol. The Morgan fingerprint density at radius 3 is 2.47 bits per heavy atom. The second kappa shape index (κ2) is 9.22. The Morgan fingerprint density at radius 2 is 1.79 bits per heavy atom. The van der Waals surface area contributed by atoms with Gasteiger partial charge in [0.05, 0.1) is 6.61 Å². The summed E-state index contributed by atoms with van der Waals surface area (Å²) in [7, 11) is 0. The van der Waals surface area contributed by atoms with Gasteiger partial charge in [0.15, 0.2) is 0 Å². The Balaban J connectivity index is 2.31. The van der Waals surface area contributed by atoms with Crippen molar-refractivity contribution in [3.63, 3.8) is 0 Å². The number of ether oxygens (including phenoxy) is 1. The lowest BCUT2D eigenvalue weighted by atomic mass is 10.1. The number of benzene rings is 1. The average Bonchev–Trinajstić information content (AvgIpc) is 2.37. The molecular formula is C15H20Cl2O2. The molecule has 0 radical (unpaired) electrons. The lowest BCUT2D eigenvalue weighted by molar-refractivity contribution is 0.108. The van der Waals surface area contributed by atoms with Crippen molar-refractivity contribution in [1.82, 2.24) is 0 Å². The summed E-state index contributed by atoms with van der Waals surface area (Å²) >= 11 is 11.3. The van der Waals surface area contributed by atoms with Crippen LogP contribution in [0.25, 0.3) is 0 Å². The third-order valence-corrected chi connectivity index (χ3v) is 3.30. The number of carbonyl (C=O) groups is 1. The Bertz CT molecular complexity index is 405. The second-order valence-corrected chi connectivity index (χ2v) is 5.35. The first-order chi connectivity index (χ1) is 9.13. The molecule has 19 heavy (non-hydrogen) atoms. The van der Waals surface area contributed by atoms with E-state index in [2.05, 4.69) is 6.92 Å². The van der Waals surface area contributed by atoms with Gasteiger partial charge in [-0.25, -0.2) is 0 Å². The molecule has 0 saturated carbocycles. The summed E-state index contributed by atoms with van der Waals surface area (Å²) in [5, 5.41) is -0.0589. The summed E-state index contributed by atoms with van der Waals surface area (Å²) in [5.41, 5.74) is 0.368. The van der Waals surface area contributed by atoms with Gasteiger partial charge in [-0.1, -0.05) is 50.6 Å². The highest BCUT2D eigenvalue weighted by atomic mass is 35.5. The topological polar surface area (TPSA) is 26.3 Å². The van der Waals surface area contributed by atoms with Crippen molar-refractivity contribution in [2.75, 3.05) is 6.61 Å². The van der Waals surface area contributed by atoms with Crippen LogP contribution in [0.4, 0.5) is 0 Å². The average molecular weight is 303 g/mol. The summed E-state index contributed by atoms with van der Waals surface area (Å²) in [6.07, 6.45) is 7.28. The Morgan fingerprint density at radius 1 is 1.11 bits per heavy atom. The van der Waals surface area contributed by atoms with Crippen LogP contribution < -0.4 is 4.74 Å². The molecule has 0 bridgehead atoms. The third kappa shape index (κ3) is 6.84. The molecule has 2 nitrogen and oxygen atoms in total. The number of unbranched alkanes of at least 4 members (excludes halogenated alkanes) is 5. The fraction of sp³-hybridized carbons (Fsp3) is 0.533. The molecule has 1 rings (SSSR count). The maximum Gasteiger partial charge on any atom is 0.252 e. The SMILES string of the molecule is CCCCCCCCOc1cc(Cl)cc(C(=O)Cl)c1. The fourth-order valence-electron chi connectivity index (χ4n) is 1.83. The van der Waals surface area contributed by atoms with E-state index < -0.39 is 5.24 Å². The molecule has 1 aromatic carbocycles. The molecule has 106 valence electrons. The maximum absolute atomic E-state index is 11.1. The third-order valence-electron chi connectivity index (χ3n) is 2.86. The van der Waals surface area contributed by atoms with Crippen molar-refractivity contribution in [2.24, 2.45) is 0 Å². The Kier molecular flexibility index (Phi) is 7.92. The molecule has 0 atom stereocenters. The van der Waals surface area contributed by atoms with Crippen molar-refractivity contribution < 1.29 is 9.53 Å². The Labute approximate surface area is 125 Å². The monoisotopic (exact) mass is 302 g/mol. The molecule has 0 aromatic heterocycles. The second-order valence-electron chi connectivity index (χ2n) is 4.57. The first-order valence-corrected chi connectivity index (χ1v) is 7.52. The highest BCUT2D eigenvalue weighted by Gasteiger charge is 2.06. The highest BCUT2D eigenvalue weighted by molar-refractivity contribution is 6.67. The van der Waals surface area contributed by atoms with E-state index in [1.54, 1.807) is 12.1 Å². The molecule has 0 saturated heterocycles. The van der Waals surface area contributed by atoms with E-state index >= 15 is 0 Å². The zero-order valence-corrected chi connectivity index (χ0v) is 12.8. The minimum Gasteiger partial charge on any atom is -0.494 e. The predicted octanol–water partition coefficient (Wildman–Crippen LogP) is 5.46. The van der Waals surface area contributed by atoms with Crippen LogP contribution in [0.1, 0.15) is 55.8 Å². The van der Waals surface area contributed by atoms with Gasteiger partial charge in [0.1, 0.15) is 5.75 Å². The number of carbonyl (C=O) groups excluding carboxylic acids is 1. The number of rotatable bonds is 9. The van der Waals surface area contributed by atoms with Crippen LogP contribution in [0, 0.1) is 0 Å². The summed E-state index contributed by atoms with van der Waals surface area (Å²) in [6.45, 7) is 2.85. The van der Waals surface area contributed by atoms with Gasteiger partial charge in [-0.2, -0.15) is 0 Å². The smallest absolute Gasteiger partial charge is 0.252 e. The molecule has 0 spiro atoms. The minimum absolute atomic E-state index is 0.368. The summed E-state index contributed by atoms with van der Waals surface area (Å²) < 4.78 is 5.59. The van der Waals surface area contributed by atoms with Crippen molar-refractivity contribution in [3.8, 4) is 5.75 Å². The van der Waals surface area contributed by atoms with E-state index in [9.17, 15) is 4.79 Å². The van der Waals surface area contributed by atoms with Gasteiger partial charge in [-0.15, -0.1) is 0 Å². The summed E-state index contributed by atoms with van der Waals surface area (Å²) in [4.78, 5) is 11.1. The van der Waals surface area contributed by atoms with E-state index in [1.165, 1.54) is 38.2 Å². The lowest BCUT2D eigenvalue weighted by Crippen LogP contribution is -1.99. The van der Waals surface area contributed by atoms with Crippen LogP contribution in [-0.4, -0.2) is 11.8 Å². The molecule has 0 aliphatic carbocycles. The van der Waals surface area contributed by atoms with Crippen molar-refractivity contribution in [3.05, 3.63) is 28.8 Å². The number of hydrogen-bond acceptors (Lipinski definition) is 2. The van der Waals surface area contributed by atoms with Gasteiger partial charge in [-0.3, -0.25) is 4.79 Å². The van der Waals surface area contributed by atoms with E-state index in [-0.39, 0.29) is 0 Å². The zero-order chi connectivity index (χ0) is 14.1. The number of halogens is 2. The van der Waals surface area contributed by atoms with Crippen molar-refractivity contribution in [2.45, 2.75) is 45.4 Å². The first-order valence-electron chi connectivity index (χ1n) is 6.76. The summed E-state index contributed by atoms with van der Waals surface area (Å²) in [6, 6.07) is 4.86. The van der Waals surface area contributed by atoms with Crippen LogP contribution in [0.5, 0.6) is 5.75 Å². The van der Waals surface area contributed by atoms with E-state index in [1.807, 2.05) is 0 Å². The zero-order valence-electron chi connectivity index (χ0n) is 11.3. The molecular weight excluding hydrogens is 283 g/mol. The normalized spacial score (nSPS) is 10.5. The molecule has 4 heteroatoms. The first kappa shape index (κ1) is 16.3. The van der Waals surface area contributed by atoms with Crippen LogP contribution in [0.3, 0.4) is 0 Å². The molecule has 0 amide bonds. The van der Waals surface area contributed by atoms with E-state index in [0.717, 1.165) is 6.42 Å². The van der Waals surface area contributed by atoms with E-state index in [4.69, 9.17) is 27.9 Å². The maximum atomic E-state index is 11.1. The molecule has 0 heterocycles. The van der Waals surface area contributed by atoms with Crippen LogP contribution in [0.2, 0.25) is 5.02 Å². The van der Waals surface area contributed by atoms with Crippen LogP contribution >= 0.6 is 23.2 Å². The fourth-order valence-corrected chi connectivity index (χ4v) is 2.17. The molecule has 0 aliphatic rings. The van der Waals surface area contributed by atoms with Gasteiger partial charge < -0.3 is 4.74 Å². The minimum atomic E-state index is -0.521. The quantitative estimate of drug-likeness (QED) is 0.447. The van der Waals surface area contributed by atoms with Gasteiger partial charge in [0, 0.05) is 10.6 Å². The van der Waals surface area contributed by atoms with Crippen molar-refractivity contribution in [1.29, 1.82) is 0 Å². The van der Waals surface area contributed by atoms with Crippen LogP contribution in [0.15, 0.2) is 18.2 Å². The summed E-state index contributed by atoms with van der Waals surface area (Å²) in [5.74, 6) is 0.602. The highest BCUT2D eigenvalue weighted by Crippen LogP contribution is 2.22. The Hall–Kier alpha value is -0.730. The van der Waals surface area contributed by atoms with Gasteiger partial charge in [0.25, 0.3) is 5.24 Å². The molecule has 0 unspecified atom stereocenters. The molecule has 0 aliphatic heterocycles. The van der Waals surface area contributed by atoms with Gasteiger partial charge in [-0.05, 0) is 36.2 Å². The number of hydrogen-bond donors (Lipinski definition) is 0. The largest absolute Gasteiger partial charge is 0.494 e. The molecule has 0 N–H and O–H groups in total. The van der Waals surface area contributed by atoms with Crippen LogP contribution in [-0.2, 0) is 0 Å². The molecule has 0 fully saturated rings. The van der Waals surface area contributed by atoms with Crippen molar-refractivity contribution >= 4 is 28.4 Å². The van der Waals surface area contributed by atoms with Gasteiger partial charge in [0.2, 0.25) is 0 Å². The molecule has 1 aromatic rings.